The first-order valence-corrected chi connectivity index (χ1v) is 8.31. The predicted molar refractivity (Wildman–Crippen MR) is 81.9 cm³/mol. The number of aromatic nitrogens is 1. The summed E-state index contributed by atoms with van der Waals surface area (Å²) in [7, 11) is 0. The van der Waals surface area contributed by atoms with E-state index < -0.39 is 5.97 Å². The first-order valence-electron chi connectivity index (χ1n) is 5.09. The van der Waals surface area contributed by atoms with Crippen LogP contribution in [-0.2, 0) is 0 Å². The predicted octanol–water partition coefficient (Wildman–Crippen LogP) is 5.22. The number of carboxylic acids is 1. The van der Waals surface area contributed by atoms with Crippen LogP contribution in [0, 0.1) is 0 Å². The fraction of sp³-hybridized carbons (Fsp3) is 0.273. The molecule has 0 aliphatic heterocycles. The summed E-state index contributed by atoms with van der Waals surface area (Å²) in [4.78, 5) is 17.1. The van der Waals surface area contributed by atoms with Crippen LogP contribution in [0.25, 0.3) is 9.75 Å². The van der Waals surface area contributed by atoms with Crippen molar-refractivity contribution in [3.8, 4) is 9.75 Å². The number of thiazole rings is 1. The van der Waals surface area contributed by atoms with Crippen molar-refractivity contribution < 1.29 is 9.90 Å². The van der Waals surface area contributed by atoms with E-state index in [0.29, 0.717) is 0 Å². The van der Waals surface area contributed by atoms with Gasteiger partial charge in [0.2, 0.25) is 0 Å². The second-order valence-corrected chi connectivity index (χ2v) is 8.18. The molecule has 96 valence electrons. The molecular formula is C11H9Br2NO2S2. The van der Waals surface area contributed by atoms with Gasteiger partial charge in [-0.05, 0) is 37.9 Å². The molecule has 0 bridgehead atoms. The third-order valence-corrected chi connectivity index (χ3v) is 7.00. The fourth-order valence-electron chi connectivity index (χ4n) is 1.35. The Kier molecular flexibility index (Phi) is 4.25. The van der Waals surface area contributed by atoms with Gasteiger partial charge >= 0.3 is 5.97 Å². The highest BCUT2D eigenvalue weighted by molar-refractivity contribution is 9.13. The molecule has 2 aromatic rings. The maximum Gasteiger partial charge on any atom is 0.356 e. The summed E-state index contributed by atoms with van der Waals surface area (Å²) in [6.07, 6.45) is 0. The second-order valence-electron chi connectivity index (χ2n) is 3.92. The number of aromatic carboxylic acids is 1. The Bertz CT molecular complexity index is 585. The molecule has 0 saturated carbocycles. The molecule has 1 N–H and O–H groups in total. The Morgan fingerprint density at radius 2 is 2.06 bits per heavy atom. The van der Waals surface area contributed by atoms with Crippen molar-refractivity contribution >= 4 is 60.5 Å². The minimum atomic E-state index is -0.978. The average Bonchev–Trinajstić information content (AvgIpc) is 2.83. The van der Waals surface area contributed by atoms with E-state index in [1.807, 2.05) is 19.9 Å². The summed E-state index contributed by atoms with van der Waals surface area (Å²) in [5, 5.41) is 10.1. The number of carboxylic acid groups (broad SMARTS) is 1. The lowest BCUT2D eigenvalue weighted by Gasteiger charge is -1.94. The topological polar surface area (TPSA) is 50.2 Å². The maximum atomic E-state index is 11.2. The Labute approximate surface area is 129 Å². The molecule has 0 spiro atoms. The number of rotatable bonds is 3. The lowest BCUT2D eigenvalue weighted by molar-refractivity contribution is 0.0692. The maximum absolute atomic E-state index is 11.2. The first kappa shape index (κ1) is 14.2. The van der Waals surface area contributed by atoms with Crippen LogP contribution in [0.5, 0.6) is 0 Å². The van der Waals surface area contributed by atoms with Gasteiger partial charge in [0.05, 0.1) is 13.7 Å². The third-order valence-electron chi connectivity index (χ3n) is 2.21. The molecule has 2 aromatic heterocycles. The van der Waals surface area contributed by atoms with Gasteiger partial charge in [-0.1, -0.05) is 13.8 Å². The molecule has 2 heterocycles. The zero-order chi connectivity index (χ0) is 13.4. The molecule has 0 aliphatic carbocycles. The summed E-state index contributed by atoms with van der Waals surface area (Å²) < 4.78 is 1.88. The summed E-state index contributed by atoms with van der Waals surface area (Å²) in [6.45, 7) is 4.02. The van der Waals surface area contributed by atoms with Crippen molar-refractivity contribution in [2.45, 2.75) is 19.8 Å². The Morgan fingerprint density at radius 1 is 1.39 bits per heavy atom. The molecule has 7 heteroatoms. The molecule has 18 heavy (non-hydrogen) atoms. The zero-order valence-electron chi connectivity index (χ0n) is 9.53. The highest BCUT2D eigenvalue weighted by Gasteiger charge is 2.22. The van der Waals surface area contributed by atoms with Gasteiger partial charge in [-0.3, -0.25) is 0 Å². The van der Waals surface area contributed by atoms with E-state index >= 15 is 0 Å². The van der Waals surface area contributed by atoms with E-state index in [0.717, 1.165) is 23.0 Å². The van der Waals surface area contributed by atoms with E-state index in [9.17, 15) is 9.90 Å². The standard InChI is InChI=1S/C11H9Br2NO2S2/c1-4(2)10-14-7(11(15)16)8(18-10)6-3-5(12)9(13)17-6/h3-4H,1-2H3,(H,15,16). The minimum Gasteiger partial charge on any atom is -0.476 e. The Morgan fingerprint density at radius 3 is 2.50 bits per heavy atom. The normalized spacial score (nSPS) is 11.2. The van der Waals surface area contributed by atoms with Crippen LogP contribution in [-0.4, -0.2) is 16.1 Å². The van der Waals surface area contributed by atoms with Crippen LogP contribution in [0.2, 0.25) is 0 Å². The van der Waals surface area contributed by atoms with Gasteiger partial charge in [0.15, 0.2) is 5.69 Å². The van der Waals surface area contributed by atoms with Gasteiger partial charge in [0.25, 0.3) is 0 Å². The van der Waals surface area contributed by atoms with Gasteiger partial charge in [-0.25, -0.2) is 9.78 Å². The van der Waals surface area contributed by atoms with Crippen LogP contribution >= 0.6 is 54.5 Å². The molecule has 2 rings (SSSR count). The molecule has 0 aromatic carbocycles. The summed E-state index contributed by atoms with van der Waals surface area (Å²) in [5.41, 5.74) is 0.143. The molecule has 0 fully saturated rings. The first-order chi connectivity index (χ1) is 8.40. The summed E-state index contributed by atoms with van der Waals surface area (Å²) >= 11 is 9.78. The van der Waals surface area contributed by atoms with Gasteiger partial charge in [0, 0.05) is 15.3 Å². The second kappa shape index (κ2) is 5.40. The van der Waals surface area contributed by atoms with Crippen LogP contribution in [0.4, 0.5) is 0 Å². The summed E-state index contributed by atoms with van der Waals surface area (Å²) in [5.74, 6) is -0.748. The van der Waals surface area contributed by atoms with Crippen LogP contribution in [0.15, 0.2) is 14.3 Å². The lowest BCUT2D eigenvalue weighted by atomic mass is 10.2. The van der Waals surface area contributed by atoms with Crippen molar-refractivity contribution in [3.05, 3.63) is 25.0 Å². The SMILES string of the molecule is CC(C)c1nc(C(=O)O)c(-c2cc(Br)c(Br)s2)s1. The van der Waals surface area contributed by atoms with Gasteiger partial charge in [0.1, 0.15) is 0 Å². The number of carbonyl (C=O) groups is 1. The fourth-order valence-corrected chi connectivity index (χ4v) is 4.55. The quantitative estimate of drug-likeness (QED) is 0.754. The average molecular weight is 411 g/mol. The Hall–Kier alpha value is -0.240. The molecule has 0 atom stereocenters. The van der Waals surface area contributed by atoms with E-state index in [1.54, 1.807) is 0 Å². The molecule has 0 unspecified atom stereocenters. The number of hydrogen-bond donors (Lipinski definition) is 1. The number of thiophene rings is 1. The molecule has 0 saturated heterocycles. The monoisotopic (exact) mass is 409 g/mol. The van der Waals surface area contributed by atoms with Crippen LogP contribution in [0.1, 0.15) is 35.3 Å². The van der Waals surface area contributed by atoms with E-state index in [-0.39, 0.29) is 11.6 Å². The number of halogens is 2. The molecule has 0 aliphatic rings. The molecule has 0 amide bonds. The molecule has 3 nitrogen and oxygen atoms in total. The lowest BCUT2D eigenvalue weighted by Crippen LogP contribution is -1.99. The smallest absolute Gasteiger partial charge is 0.356 e. The van der Waals surface area contributed by atoms with Crippen molar-refractivity contribution in [3.63, 3.8) is 0 Å². The van der Waals surface area contributed by atoms with E-state index in [4.69, 9.17) is 0 Å². The number of hydrogen-bond acceptors (Lipinski definition) is 4. The number of nitrogens with zero attached hydrogens (tertiary/aromatic N) is 1. The minimum absolute atomic E-state index is 0.143. The zero-order valence-corrected chi connectivity index (χ0v) is 14.3. The highest BCUT2D eigenvalue weighted by Crippen LogP contribution is 2.42. The Balaban J connectivity index is 2.58. The van der Waals surface area contributed by atoms with Crippen LogP contribution in [0.3, 0.4) is 0 Å². The van der Waals surface area contributed by atoms with Crippen LogP contribution < -0.4 is 0 Å². The van der Waals surface area contributed by atoms with Gasteiger partial charge in [-0.2, -0.15) is 0 Å². The largest absolute Gasteiger partial charge is 0.476 e. The van der Waals surface area contributed by atoms with Gasteiger partial charge < -0.3 is 5.11 Å². The molecule has 0 radical (unpaired) electrons. The van der Waals surface area contributed by atoms with Gasteiger partial charge in [-0.15, -0.1) is 22.7 Å². The van der Waals surface area contributed by atoms with E-state index in [1.165, 1.54) is 22.7 Å². The highest BCUT2D eigenvalue weighted by atomic mass is 79.9. The molecular weight excluding hydrogens is 402 g/mol. The van der Waals surface area contributed by atoms with Crippen molar-refractivity contribution in [2.75, 3.05) is 0 Å². The van der Waals surface area contributed by atoms with E-state index in [2.05, 4.69) is 36.8 Å². The van der Waals surface area contributed by atoms with Crippen molar-refractivity contribution in [2.24, 2.45) is 0 Å². The van der Waals surface area contributed by atoms with Crippen molar-refractivity contribution in [1.82, 2.24) is 4.98 Å². The van der Waals surface area contributed by atoms with Crippen molar-refractivity contribution in [1.29, 1.82) is 0 Å². The summed E-state index contributed by atoms with van der Waals surface area (Å²) in [6, 6.07) is 1.92. The third kappa shape index (κ3) is 2.68.